The Kier molecular flexibility index (Phi) is 1.42. The molecule has 0 amide bonds. The average molecular weight is 166 g/mol. The summed E-state index contributed by atoms with van der Waals surface area (Å²) in [5.74, 6) is 0. The summed E-state index contributed by atoms with van der Waals surface area (Å²) in [6.07, 6.45) is 3.97. The fourth-order valence-electron chi connectivity index (χ4n) is 0.259. The Morgan fingerprint density at radius 2 is 2.67 bits per heavy atom. The second-order valence-electron chi connectivity index (χ2n) is 0.946. The molecule has 1 rings (SSSR count). The van der Waals surface area contributed by atoms with Crippen LogP contribution in [0.5, 0.6) is 0 Å². The van der Waals surface area contributed by atoms with Gasteiger partial charge in [0.1, 0.15) is 0 Å². The van der Waals surface area contributed by atoms with Crippen LogP contribution in [0.25, 0.3) is 0 Å². The van der Waals surface area contributed by atoms with Gasteiger partial charge in [-0.05, 0) is 18.0 Å². The van der Waals surface area contributed by atoms with Crippen molar-refractivity contribution in [1.82, 2.24) is 4.72 Å². The van der Waals surface area contributed by atoms with Crippen molar-refractivity contribution in [3.63, 3.8) is 0 Å². The Morgan fingerprint density at radius 3 is 2.83 bits per heavy atom. The molecule has 0 saturated carbocycles. The molecule has 1 unspecified atom stereocenters. The summed E-state index contributed by atoms with van der Waals surface area (Å²) in [4.78, 5) is 0. The molecule has 0 radical (unpaired) electrons. The number of hydrogen-bond acceptors (Lipinski definition) is 2. The lowest BCUT2D eigenvalue weighted by molar-refractivity contribution is 1.46. The van der Waals surface area contributed by atoms with Gasteiger partial charge < -0.3 is 4.72 Å². The predicted octanol–water partition coefficient (Wildman–Crippen LogP) is 1.47. The van der Waals surface area contributed by atoms with Gasteiger partial charge in [-0.2, -0.15) is 0 Å². The fraction of sp³-hybridized carbons (Fsp3) is 0.333. The van der Waals surface area contributed by atoms with Gasteiger partial charge in [-0.3, -0.25) is 0 Å². The van der Waals surface area contributed by atoms with Crippen LogP contribution in [0.2, 0.25) is 0 Å². The van der Waals surface area contributed by atoms with Crippen molar-refractivity contribution in [2.24, 2.45) is 0 Å². The molecule has 0 aromatic heterocycles. The fourth-order valence-corrected chi connectivity index (χ4v) is 1.18. The lowest BCUT2D eigenvalue weighted by Crippen LogP contribution is -1.83. The molecule has 1 nitrogen and oxygen atoms in total. The largest absolute Gasteiger partial charge is 0.336 e. The maximum Gasteiger partial charge on any atom is 0.0994 e. The van der Waals surface area contributed by atoms with Crippen LogP contribution >= 0.6 is 27.9 Å². The van der Waals surface area contributed by atoms with Crippen molar-refractivity contribution < 1.29 is 0 Å². The standard InChI is InChI=1S/C3H4BrNS/c4-3-1-2-5-6-3/h1-3,5H. The normalized spacial score (nSPS) is 30.5. The molecular weight excluding hydrogens is 162 g/mol. The van der Waals surface area contributed by atoms with Crippen molar-refractivity contribution in [1.29, 1.82) is 0 Å². The minimum Gasteiger partial charge on any atom is -0.336 e. The Bertz CT molecular complexity index is 73.2. The lowest BCUT2D eigenvalue weighted by Gasteiger charge is -1.88. The molecule has 0 spiro atoms. The highest BCUT2D eigenvalue weighted by Crippen LogP contribution is 2.19. The third kappa shape index (κ3) is 0.914. The first-order chi connectivity index (χ1) is 2.89. The topological polar surface area (TPSA) is 12.0 Å². The third-order valence-corrected chi connectivity index (χ3v) is 2.02. The van der Waals surface area contributed by atoms with E-state index in [9.17, 15) is 0 Å². The van der Waals surface area contributed by atoms with E-state index in [1.54, 1.807) is 11.9 Å². The maximum absolute atomic E-state index is 3.35. The Morgan fingerprint density at radius 1 is 1.83 bits per heavy atom. The number of nitrogens with one attached hydrogen (secondary N) is 1. The van der Waals surface area contributed by atoms with Crippen LogP contribution in [-0.4, -0.2) is 4.16 Å². The Hall–Kier alpha value is 0.370. The number of halogens is 1. The second-order valence-corrected chi connectivity index (χ2v) is 3.52. The van der Waals surface area contributed by atoms with E-state index in [4.69, 9.17) is 0 Å². The molecule has 0 aromatic carbocycles. The van der Waals surface area contributed by atoms with Crippen molar-refractivity contribution in [3.05, 3.63) is 12.3 Å². The molecule has 1 aliphatic heterocycles. The Labute approximate surface area is 49.4 Å². The van der Waals surface area contributed by atoms with Gasteiger partial charge in [0.15, 0.2) is 0 Å². The molecule has 3 heteroatoms. The van der Waals surface area contributed by atoms with Crippen molar-refractivity contribution in [2.75, 3.05) is 0 Å². The molecule has 1 N–H and O–H groups in total. The highest BCUT2D eigenvalue weighted by Gasteiger charge is 2.00. The van der Waals surface area contributed by atoms with Crippen LogP contribution in [0.3, 0.4) is 0 Å². The molecule has 1 aliphatic rings. The Balaban J connectivity index is 2.38. The van der Waals surface area contributed by atoms with E-state index in [1.807, 2.05) is 12.3 Å². The van der Waals surface area contributed by atoms with Crippen LogP contribution < -0.4 is 4.72 Å². The minimum atomic E-state index is 0.484. The van der Waals surface area contributed by atoms with E-state index >= 15 is 0 Å². The van der Waals surface area contributed by atoms with E-state index in [1.165, 1.54) is 0 Å². The monoisotopic (exact) mass is 165 g/mol. The smallest absolute Gasteiger partial charge is 0.0994 e. The minimum absolute atomic E-state index is 0.484. The molecule has 0 bridgehead atoms. The summed E-state index contributed by atoms with van der Waals surface area (Å²) in [5.41, 5.74) is 0. The van der Waals surface area contributed by atoms with Crippen molar-refractivity contribution >= 4 is 27.9 Å². The molecule has 0 saturated heterocycles. The highest BCUT2D eigenvalue weighted by molar-refractivity contribution is 9.11. The van der Waals surface area contributed by atoms with Gasteiger partial charge in [0, 0.05) is 6.20 Å². The van der Waals surface area contributed by atoms with Crippen LogP contribution in [0.4, 0.5) is 0 Å². The van der Waals surface area contributed by atoms with Gasteiger partial charge >= 0.3 is 0 Å². The van der Waals surface area contributed by atoms with Gasteiger partial charge in [-0.1, -0.05) is 15.9 Å². The molecule has 34 valence electrons. The van der Waals surface area contributed by atoms with E-state index in [2.05, 4.69) is 20.7 Å². The number of hydrogen-bond donors (Lipinski definition) is 1. The molecule has 1 heterocycles. The SMILES string of the molecule is BrC1C=CNS1. The predicted molar refractivity (Wildman–Crippen MR) is 32.6 cm³/mol. The van der Waals surface area contributed by atoms with E-state index < -0.39 is 0 Å². The molecule has 0 aliphatic carbocycles. The summed E-state index contributed by atoms with van der Waals surface area (Å²) in [5, 5.41) is 0. The zero-order valence-electron chi connectivity index (χ0n) is 3.02. The summed E-state index contributed by atoms with van der Waals surface area (Å²) in [6, 6.07) is 0. The van der Waals surface area contributed by atoms with Gasteiger partial charge in [0.05, 0.1) is 4.16 Å². The lowest BCUT2D eigenvalue weighted by atomic mass is 10.7. The molecule has 6 heavy (non-hydrogen) atoms. The van der Waals surface area contributed by atoms with Crippen molar-refractivity contribution in [3.8, 4) is 0 Å². The summed E-state index contributed by atoms with van der Waals surface area (Å²) < 4.78 is 3.45. The van der Waals surface area contributed by atoms with Gasteiger partial charge in [-0.15, -0.1) is 0 Å². The molecule has 0 aromatic rings. The van der Waals surface area contributed by atoms with E-state index in [0.29, 0.717) is 4.16 Å². The zero-order valence-corrected chi connectivity index (χ0v) is 5.42. The first-order valence-corrected chi connectivity index (χ1v) is 3.41. The summed E-state index contributed by atoms with van der Waals surface area (Å²) >= 11 is 5.00. The highest BCUT2D eigenvalue weighted by atomic mass is 79.9. The van der Waals surface area contributed by atoms with Crippen LogP contribution in [0, 0.1) is 0 Å². The van der Waals surface area contributed by atoms with Gasteiger partial charge in [-0.25, -0.2) is 0 Å². The zero-order chi connectivity index (χ0) is 4.41. The van der Waals surface area contributed by atoms with Gasteiger partial charge in [0.25, 0.3) is 0 Å². The molecule has 0 fully saturated rings. The van der Waals surface area contributed by atoms with Crippen LogP contribution in [0.15, 0.2) is 12.3 Å². The quantitative estimate of drug-likeness (QED) is 0.432. The van der Waals surface area contributed by atoms with Gasteiger partial charge in [0.2, 0.25) is 0 Å². The number of alkyl halides is 1. The first-order valence-electron chi connectivity index (χ1n) is 1.61. The maximum atomic E-state index is 3.35. The molecule has 1 atom stereocenters. The van der Waals surface area contributed by atoms with Crippen LogP contribution in [-0.2, 0) is 0 Å². The van der Waals surface area contributed by atoms with E-state index in [-0.39, 0.29) is 0 Å². The van der Waals surface area contributed by atoms with E-state index in [0.717, 1.165) is 0 Å². The third-order valence-electron chi connectivity index (χ3n) is 0.496. The van der Waals surface area contributed by atoms with Crippen LogP contribution in [0.1, 0.15) is 0 Å². The molecular formula is C3H4BrNS. The second kappa shape index (κ2) is 1.89. The van der Waals surface area contributed by atoms with Crippen molar-refractivity contribution in [2.45, 2.75) is 4.16 Å². The first kappa shape index (κ1) is 4.53. The summed E-state index contributed by atoms with van der Waals surface area (Å²) in [7, 11) is 0. The number of rotatable bonds is 0. The average Bonchev–Trinajstić information content (AvgIpc) is 1.86. The summed E-state index contributed by atoms with van der Waals surface area (Å²) in [6.45, 7) is 0.